The lowest BCUT2D eigenvalue weighted by molar-refractivity contribution is -0.137. The van der Waals surface area contributed by atoms with Crippen molar-refractivity contribution in [2.75, 3.05) is 25.0 Å². The van der Waals surface area contributed by atoms with Crippen molar-refractivity contribution in [2.45, 2.75) is 64.6 Å². The molecular weight excluding hydrogens is 541 g/mol. The fraction of sp³-hybridized carbons (Fsp3) is 0.464. The Morgan fingerprint density at radius 1 is 1.15 bits per heavy atom. The van der Waals surface area contributed by atoms with E-state index in [1.165, 1.54) is 23.6 Å². The van der Waals surface area contributed by atoms with E-state index in [0.29, 0.717) is 56.0 Å². The number of carbonyl (C=O) groups is 2. The summed E-state index contributed by atoms with van der Waals surface area (Å²) in [6.45, 7) is 4.68. The molecule has 1 saturated heterocycles. The molecule has 5 rings (SSSR count). The molecule has 2 amide bonds. The Kier molecular flexibility index (Phi) is 7.87. The van der Waals surface area contributed by atoms with E-state index >= 15 is 0 Å². The number of nitrogens with zero attached hydrogens (tertiary/aromatic N) is 5. The molecule has 0 radical (unpaired) electrons. The second kappa shape index (κ2) is 11.4. The molecule has 2 aliphatic rings. The zero-order valence-corrected chi connectivity index (χ0v) is 22.8. The highest BCUT2D eigenvalue weighted by Gasteiger charge is 2.31. The van der Waals surface area contributed by atoms with Crippen molar-refractivity contribution in [1.82, 2.24) is 24.1 Å². The number of hydrogen-bond donors (Lipinski definition) is 1. The highest BCUT2D eigenvalue weighted by atomic mass is 19.4. The fourth-order valence-electron chi connectivity index (χ4n) is 5.46. The van der Waals surface area contributed by atoms with Gasteiger partial charge >= 0.3 is 6.18 Å². The summed E-state index contributed by atoms with van der Waals surface area (Å²) in [5.41, 5.74) is 0.219. The van der Waals surface area contributed by atoms with Gasteiger partial charge in [-0.25, -0.2) is 0 Å². The van der Waals surface area contributed by atoms with Crippen LogP contribution in [0.2, 0.25) is 0 Å². The van der Waals surface area contributed by atoms with Crippen molar-refractivity contribution in [3.8, 4) is 0 Å². The number of carbonyl (C=O) groups excluding carboxylic acids is 2. The number of hydrogen-bond acceptors (Lipinski definition) is 6. The number of anilines is 1. The average Bonchev–Trinajstić information content (AvgIpc) is 3.41. The Morgan fingerprint density at radius 2 is 1.85 bits per heavy atom. The summed E-state index contributed by atoms with van der Waals surface area (Å²) in [6.07, 6.45) is 0.607. The second-order valence-electron chi connectivity index (χ2n) is 10.2. The summed E-state index contributed by atoms with van der Waals surface area (Å²) in [6, 6.07) is 4.19. The molecule has 1 aromatic carbocycles. The smallest absolute Gasteiger partial charge is 0.416 e. The Bertz CT molecular complexity index is 1550. The SMILES string of the molecule is CCc1c(C2CCN(C(C)=O)CC2)c(=O)n2nc(C3=CCCCO3)nc2n1CC(=O)Nc1ccc(C(F)(F)F)cc1. The highest BCUT2D eigenvalue weighted by molar-refractivity contribution is 5.90. The molecule has 0 atom stereocenters. The van der Waals surface area contributed by atoms with Gasteiger partial charge in [0.05, 0.1) is 12.2 Å². The van der Waals surface area contributed by atoms with Crippen LogP contribution in [0.1, 0.15) is 68.1 Å². The van der Waals surface area contributed by atoms with E-state index in [2.05, 4.69) is 15.4 Å². The van der Waals surface area contributed by atoms with Crippen LogP contribution in [-0.2, 0) is 33.5 Å². The van der Waals surface area contributed by atoms with E-state index in [-0.39, 0.29) is 41.2 Å². The van der Waals surface area contributed by atoms with Gasteiger partial charge in [0.25, 0.3) is 5.56 Å². The van der Waals surface area contributed by atoms with Gasteiger partial charge in [0.1, 0.15) is 6.54 Å². The maximum Gasteiger partial charge on any atom is 0.416 e. The van der Waals surface area contributed by atoms with Gasteiger partial charge in [-0.3, -0.25) is 14.4 Å². The topological polar surface area (TPSA) is 111 Å². The van der Waals surface area contributed by atoms with Gasteiger partial charge in [-0.05, 0) is 68.4 Å². The summed E-state index contributed by atoms with van der Waals surface area (Å²) in [5.74, 6) is 0.205. The molecule has 0 aliphatic carbocycles. The molecule has 0 spiro atoms. The Hall–Kier alpha value is -4.16. The first-order valence-corrected chi connectivity index (χ1v) is 13.6. The summed E-state index contributed by atoms with van der Waals surface area (Å²) in [4.78, 5) is 45.3. The number of halogens is 3. The summed E-state index contributed by atoms with van der Waals surface area (Å²) in [5, 5.41) is 7.12. The molecule has 2 aliphatic heterocycles. The van der Waals surface area contributed by atoms with Crippen LogP contribution in [0.15, 0.2) is 35.1 Å². The number of likely N-dealkylation sites (tertiary alicyclic amines) is 1. The Labute approximate surface area is 233 Å². The molecule has 4 heterocycles. The van der Waals surface area contributed by atoms with Crippen LogP contribution in [0.3, 0.4) is 0 Å². The average molecular weight is 573 g/mol. The lowest BCUT2D eigenvalue weighted by atomic mass is 9.88. The first-order chi connectivity index (χ1) is 19.6. The summed E-state index contributed by atoms with van der Waals surface area (Å²) >= 11 is 0. The maximum absolute atomic E-state index is 13.9. The van der Waals surface area contributed by atoms with Crippen LogP contribution in [0.25, 0.3) is 11.5 Å². The lowest BCUT2D eigenvalue weighted by Crippen LogP contribution is -2.39. The molecule has 41 heavy (non-hydrogen) atoms. The van der Waals surface area contributed by atoms with Crippen LogP contribution in [0.5, 0.6) is 0 Å². The quantitative estimate of drug-likeness (QED) is 0.478. The molecule has 3 aromatic rings. The number of rotatable bonds is 6. The van der Waals surface area contributed by atoms with Crippen molar-refractivity contribution < 1.29 is 27.5 Å². The van der Waals surface area contributed by atoms with Crippen molar-refractivity contribution in [2.24, 2.45) is 0 Å². The largest absolute Gasteiger partial charge is 0.490 e. The fourth-order valence-corrected chi connectivity index (χ4v) is 5.46. The predicted molar refractivity (Wildman–Crippen MR) is 144 cm³/mol. The Morgan fingerprint density at radius 3 is 2.44 bits per heavy atom. The third-order valence-corrected chi connectivity index (χ3v) is 7.53. The van der Waals surface area contributed by atoms with Crippen LogP contribution < -0.4 is 10.9 Å². The molecule has 1 fully saturated rings. The van der Waals surface area contributed by atoms with E-state index in [1.54, 1.807) is 9.47 Å². The predicted octanol–water partition coefficient (Wildman–Crippen LogP) is 3.99. The first kappa shape index (κ1) is 28.4. The third kappa shape index (κ3) is 5.84. The minimum Gasteiger partial charge on any atom is -0.490 e. The molecule has 13 heteroatoms. The van der Waals surface area contributed by atoms with Crippen molar-refractivity contribution in [1.29, 1.82) is 0 Å². The number of aromatic nitrogens is 4. The van der Waals surface area contributed by atoms with Gasteiger partial charge in [-0.1, -0.05) is 6.92 Å². The van der Waals surface area contributed by atoms with E-state index in [9.17, 15) is 27.6 Å². The van der Waals surface area contributed by atoms with E-state index in [0.717, 1.165) is 25.0 Å². The number of alkyl halides is 3. The lowest BCUT2D eigenvalue weighted by Gasteiger charge is -2.32. The number of piperidine rings is 1. The van der Waals surface area contributed by atoms with Crippen molar-refractivity contribution in [3.63, 3.8) is 0 Å². The molecular formula is C28H31F3N6O4. The zero-order chi connectivity index (χ0) is 29.3. The monoisotopic (exact) mass is 572 g/mol. The summed E-state index contributed by atoms with van der Waals surface area (Å²) in [7, 11) is 0. The normalized spacial score (nSPS) is 16.4. The van der Waals surface area contributed by atoms with Gasteiger partial charge in [0.15, 0.2) is 5.76 Å². The standard InChI is InChI=1S/C28H31F3N6O4/c1-3-21-24(18-11-13-35(14-12-18)17(2)38)26(40)37-27(33-25(34-37)22-6-4-5-15-41-22)36(21)16-23(39)32-20-9-7-19(8-10-20)28(29,30)31/h6-10,18H,3-5,11-16H2,1-2H3,(H,32,39). The van der Waals surface area contributed by atoms with Gasteiger partial charge in [-0.2, -0.15) is 22.7 Å². The minimum atomic E-state index is -4.49. The molecule has 10 nitrogen and oxygen atoms in total. The van der Waals surface area contributed by atoms with Crippen molar-refractivity contribution in [3.05, 3.63) is 63.3 Å². The third-order valence-electron chi connectivity index (χ3n) is 7.53. The van der Waals surface area contributed by atoms with Crippen LogP contribution >= 0.6 is 0 Å². The van der Waals surface area contributed by atoms with E-state index in [1.807, 2.05) is 13.0 Å². The molecule has 218 valence electrons. The van der Waals surface area contributed by atoms with Crippen LogP contribution in [0, 0.1) is 0 Å². The molecule has 1 N–H and O–H groups in total. The van der Waals surface area contributed by atoms with Gasteiger partial charge < -0.3 is 19.5 Å². The van der Waals surface area contributed by atoms with Gasteiger partial charge in [-0.15, -0.1) is 5.10 Å². The zero-order valence-electron chi connectivity index (χ0n) is 22.8. The van der Waals surface area contributed by atoms with Gasteiger partial charge in [0, 0.05) is 37.0 Å². The molecule has 0 saturated carbocycles. The Balaban J connectivity index is 1.54. The van der Waals surface area contributed by atoms with E-state index in [4.69, 9.17) is 4.74 Å². The van der Waals surface area contributed by atoms with Crippen LogP contribution in [-0.4, -0.2) is 55.6 Å². The number of benzene rings is 1. The molecule has 0 unspecified atom stereocenters. The van der Waals surface area contributed by atoms with Crippen LogP contribution in [0.4, 0.5) is 18.9 Å². The van der Waals surface area contributed by atoms with E-state index < -0.39 is 17.6 Å². The molecule has 2 aromatic heterocycles. The number of fused-ring (bicyclic) bond motifs is 1. The molecule has 0 bridgehead atoms. The first-order valence-electron chi connectivity index (χ1n) is 13.6. The number of nitrogens with one attached hydrogen (secondary N) is 1. The second-order valence-corrected chi connectivity index (χ2v) is 10.2. The minimum absolute atomic E-state index is 0.0198. The summed E-state index contributed by atoms with van der Waals surface area (Å²) < 4.78 is 47.4. The highest BCUT2D eigenvalue weighted by Crippen LogP contribution is 2.31. The van der Waals surface area contributed by atoms with Crippen molar-refractivity contribution >= 4 is 29.0 Å². The maximum atomic E-state index is 13.9. The number of allylic oxidation sites excluding steroid dienone is 1. The number of ether oxygens (including phenoxy) is 1. The number of amides is 2. The van der Waals surface area contributed by atoms with Gasteiger partial charge in [0.2, 0.25) is 23.4 Å².